The van der Waals surface area contributed by atoms with Crippen molar-refractivity contribution in [2.24, 2.45) is 0 Å². The summed E-state index contributed by atoms with van der Waals surface area (Å²) in [6.07, 6.45) is 6.59. The molecule has 0 unspecified atom stereocenters. The molecule has 2 amide bonds. The van der Waals surface area contributed by atoms with Crippen molar-refractivity contribution in [3.63, 3.8) is 0 Å². The molecule has 5 nitrogen and oxygen atoms in total. The summed E-state index contributed by atoms with van der Waals surface area (Å²) in [5.41, 5.74) is 3.46. The van der Waals surface area contributed by atoms with E-state index in [0.29, 0.717) is 19.4 Å². The molecule has 0 heterocycles. The molecule has 190 valence electrons. The molecule has 0 aliphatic heterocycles. The van der Waals surface area contributed by atoms with E-state index in [1.54, 1.807) is 12.0 Å². The standard InChI is InChI=1S/C30H42N2O3/c1-22(29(34)31-26-11-7-6-8-12-26)32(21-24-10-9-13-27(20-24)35-5)28(33)19-16-23-14-17-25(18-15-23)30(2,3)4/h9-10,13-15,17-18,20,22,26H,6-8,11-12,16,19,21H2,1-5H3,(H,31,34)/t22-/m0/s1. The van der Waals surface area contributed by atoms with Gasteiger partial charge in [0, 0.05) is 19.0 Å². The molecule has 2 aromatic rings. The molecule has 35 heavy (non-hydrogen) atoms. The van der Waals surface area contributed by atoms with Gasteiger partial charge in [0.05, 0.1) is 7.11 Å². The molecule has 0 aromatic heterocycles. The zero-order chi connectivity index (χ0) is 25.4. The number of amides is 2. The Balaban J connectivity index is 1.71. The Kier molecular flexibility index (Phi) is 9.36. The Morgan fingerprint density at radius 1 is 1.03 bits per heavy atom. The fraction of sp³-hybridized carbons (Fsp3) is 0.533. The van der Waals surface area contributed by atoms with E-state index in [0.717, 1.165) is 42.6 Å². The Labute approximate surface area is 211 Å². The fourth-order valence-electron chi connectivity index (χ4n) is 4.69. The topological polar surface area (TPSA) is 58.6 Å². The predicted octanol–water partition coefficient (Wildman–Crippen LogP) is 5.79. The van der Waals surface area contributed by atoms with Crippen LogP contribution in [0.5, 0.6) is 5.75 Å². The Bertz CT molecular complexity index is 972. The van der Waals surface area contributed by atoms with Crippen LogP contribution in [0, 0.1) is 0 Å². The maximum Gasteiger partial charge on any atom is 0.242 e. The highest BCUT2D eigenvalue weighted by molar-refractivity contribution is 5.87. The predicted molar refractivity (Wildman–Crippen MR) is 141 cm³/mol. The van der Waals surface area contributed by atoms with E-state index >= 15 is 0 Å². The van der Waals surface area contributed by atoms with Crippen LogP contribution in [0.1, 0.15) is 82.9 Å². The molecule has 1 saturated carbocycles. The zero-order valence-corrected chi connectivity index (χ0v) is 22.1. The van der Waals surface area contributed by atoms with Crippen molar-refractivity contribution < 1.29 is 14.3 Å². The third-order valence-electron chi connectivity index (χ3n) is 7.05. The van der Waals surface area contributed by atoms with E-state index in [-0.39, 0.29) is 23.3 Å². The summed E-state index contributed by atoms with van der Waals surface area (Å²) in [5.74, 6) is 0.662. The van der Waals surface area contributed by atoms with E-state index < -0.39 is 6.04 Å². The smallest absolute Gasteiger partial charge is 0.242 e. The van der Waals surface area contributed by atoms with Crippen molar-refractivity contribution >= 4 is 11.8 Å². The summed E-state index contributed by atoms with van der Waals surface area (Å²) in [6.45, 7) is 8.80. The summed E-state index contributed by atoms with van der Waals surface area (Å²) < 4.78 is 5.36. The number of benzene rings is 2. The first-order chi connectivity index (χ1) is 16.7. The van der Waals surface area contributed by atoms with Crippen LogP contribution in [0.2, 0.25) is 0 Å². The van der Waals surface area contributed by atoms with Crippen molar-refractivity contribution in [1.82, 2.24) is 10.2 Å². The number of rotatable bonds is 9. The first kappa shape index (κ1) is 26.8. The van der Waals surface area contributed by atoms with Crippen molar-refractivity contribution in [2.75, 3.05) is 7.11 Å². The second kappa shape index (κ2) is 12.2. The lowest BCUT2D eigenvalue weighted by Crippen LogP contribution is -2.50. The van der Waals surface area contributed by atoms with Crippen molar-refractivity contribution in [1.29, 1.82) is 0 Å². The second-order valence-corrected chi connectivity index (χ2v) is 10.8. The molecule has 0 bridgehead atoms. The second-order valence-electron chi connectivity index (χ2n) is 10.8. The van der Waals surface area contributed by atoms with E-state index in [1.165, 1.54) is 12.0 Å². The summed E-state index contributed by atoms with van der Waals surface area (Å²) in [6, 6.07) is 15.9. The molecule has 1 atom stereocenters. The number of aryl methyl sites for hydroxylation is 1. The van der Waals surface area contributed by atoms with E-state index in [9.17, 15) is 9.59 Å². The Hall–Kier alpha value is -2.82. The van der Waals surface area contributed by atoms with Gasteiger partial charge in [-0.25, -0.2) is 0 Å². The maximum absolute atomic E-state index is 13.5. The molecule has 3 rings (SSSR count). The van der Waals surface area contributed by atoms with Gasteiger partial charge in [-0.2, -0.15) is 0 Å². The quantitative estimate of drug-likeness (QED) is 0.496. The summed E-state index contributed by atoms with van der Waals surface area (Å²) in [7, 11) is 1.63. The van der Waals surface area contributed by atoms with Gasteiger partial charge in [0.2, 0.25) is 11.8 Å². The van der Waals surface area contributed by atoms with Gasteiger partial charge in [-0.1, -0.05) is 76.4 Å². The minimum absolute atomic E-state index is 0.0148. The number of nitrogens with one attached hydrogen (secondary N) is 1. The van der Waals surface area contributed by atoms with Gasteiger partial charge in [0.25, 0.3) is 0 Å². The molecule has 1 aliphatic carbocycles. The summed E-state index contributed by atoms with van der Waals surface area (Å²) >= 11 is 0. The van der Waals surface area contributed by atoms with Gasteiger partial charge in [-0.15, -0.1) is 0 Å². The molecular weight excluding hydrogens is 436 g/mol. The monoisotopic (exact) mass is 478 g/mol. The molecule has 1 fully saturated rings. The molecular formula is C30H42N2O3. The highest BCUT2D eigenvalue weighted by Crippen LogP contribution is 2.23. The average Bonchev–Trinajstić information content (AvgIpc) is 2.86. The zero-order valence-electron chi connectivity index (χ0n) is 22.1. The largest absolute Gasteiger partial charge is 0.497 e. The third-order valence-corrected chi connectivity index (χ3v) is 7.05. The van der Waals surface area contributed by atoms with Crippen LogP contribution >= 0.6 is 0 Å². The number of hydrogen-bond acceptors (Lipinski definition) is 3. The van der Waals surface area contributed by atoms with Crippen LogP contribution in [-0.2, 0) is 28.0 Å². The van der Waals surface area contributed by atoms with E-state index in [1.807, 2.05) is 31.2 Å². The van der Waals surface area contributed by atoms with Gasteiger partial charge < -0.3 is 15.0 Å². The van der Waals surface area contributed by atoms with Gasteiger partial charge in [-0.3, -0.25) is 9.59 Å². The lowest BCUT2D eigenvalue weighted by Gasteiger charge is -2.31. The highest BCUT2D eigenvalue weighted by Gasteiger charge is 2.28. The summed E-state index contributed by atoms with van der Waals surface area (Å²) in [5, 5.41) is 3.20. The third kappa shape index (κ3) is 7.84. The van der Waals surface area contributed by atoms with Gasteiger partial charge in [0.15, 0.2) is 0 Å². The molecule has 0 saturated heterocycles. The molecule has 2 aromatic carbocycles. The highest BCUT2D eigenvalue weighted by atomic mass is 16.5. The van der Waals surface area contributed by atoms with Crippen molar-refractivity contribution in [3.8, 4) is 5.75 Å². The number of methoxy groups -OCH3 is 1. The average molecular weight is 479 g/mol. The number of ether oxygens (including phenoxy) is 1. The van der Waals surface area contributed by atoms with Crippen LogP contribution in [-0.4, -0.2) is 35.9 Å². The van der Waals surface area contributed by atoms with Gasteiger partial charge in [0.1, 0.15) is 11.8 Å². The SMILES string of the molecule is COc1cccc(CN(C(=O)CCc2ccc(C(C)(C)C)cc2)[C@@H](C)C(=O)NC2CCCCC2)c1. The van der Waals surface area contributed by atoms with Crippen molar-refractivity contribution in [2.45, 2.75) is 96.7 Å². The minimum atomic E-state index is -0.543. The van der Waals surface area contributed by atoms with Crippen LogP contribution in [0.3, 0.4) is 0 Å². The lowest BCUT2D eigenvalue weighted by atomic mass is 9.86. The Morgan fingerprint density at radius 3 is 2.34 bits per heavy atom. The van der Waals surface area contributed by atoms with Gasteiger partial charge in [-0.05, 0) is 60.4 Å². The molecule has 0 spiro atoms. The first-order valence-corrected chi connectivity index (χ1v) is 13.0. The van der Waals surface area contributed by atoms with Gasteiger partial charge >= 0.3 is 0 Å². The lowest BCUT2D eigenvalue weighted by molar-refractivity contribution is -0.141. The fourth-order valence-corrected chi connectivity index (χ4v) is 4.69. The number of hydrogen-bond donors (Lipinski definition) is 1. The van der Waals surface area contributed by atoms with Crippen molar-refractivity contribution in [3.05, 3.63) is 65.2 Å². The molecule has 1 aliphatic rings. The summed E-state index contributed by atoms with van der Waals surface area (Å²) in [4.78, 5) is 28.3. The van der Waals surface area contributed by atoms with Crippen LogP contribution in [0.4, 0.5) is 0 Å². The molecule has 5 heteroatoms. The molecule has 1 N–H and O–H groups in total. The van der Waals surface area contributed by atoms with E-state index in [2.05, 4.69) is 50.4 Å². The molecule has 0 radical (unpaired) electrons. The van der Waals surface area contributed by atoms with Crippen LogP contribution in [0.15, 0.2) is 48.5 Å². The number of carbonyl (C=O) groups is 2. The number of nitrogens with zero attached hydrogens (tertiary/aromatic N) is 1. The van der Waals surface area contributed by atoms with Crippen LogP contribution in [0.25, 0.3) is 0 Å². The minimum Gasteiger partial charge on any atom is -0.497 e. The Morgan fingerprint density at radius 2 is 1.71 bits per heavy atom. The van der Waals surface area contributed by atoms with E-state index in [4.69, 9.17) is 4.74 Å². The normalized spacial score (nSPS) is 15.3. The number of carbonyl (C=O) groups excluding carboxylic acids is 2. The van der Waals surface area contributed by atoms with Crippen LogP contribution < -0.4 is 10.1 Å². The first-order valence-electron chi connectivity index (χ1n) is 13.0. The maximum atomic E-state index is 13.5.